The molecule has 0 aromatic heterocycles. The zero-order valence-corrected chi connectivity index (χ0v) is 9.97. The lowest BCUT2D eigenvalue weighted by atomic mass is 10.1. The summed E-state index contributed by atoms with van der Waals surface area (Å²) in [6, 6.07) is 0. The second kappa shape index (κ2) is 5.30. The molecule has 1 amide bonds. The highest BCUT2D eigenvalue weighted by Gasteiger charge is 2.33. The zero-order chi connectivity index (χ0) is 12.3. The van der Waals surface area contributed by atoms with Crippen LogP contribution in [0.25, 0.3) is 0 Å². The molecule has 1 rings (SSSR count). The van der Waals surface area contributed by atoms with Gasteiger partial charge in [0.2, 0.25) is 5.91 Å². The number of carboxylic acid groups (broad SMARTS) is 1. The number of rotatable bonds is 3. The summed E-state index contributed by atoms with van der Waals surface area (Å²) in [5.41, 5.74) is 0. The lowest BCUT2D eigenvalue weighted by Crippen LogP contribution is -2.52. The van der Waals surface area contributed by atoms with E-state index in [0.717, 1.165) is 6.42 Å². The average molecular weight is 229 g/mol. The Bertz CT molecular complexity index is 279. The Morgan fingerprint density at radius 3 is 2.62 bits per heavy atom. The molecule has 5 heteroatoms. The molecular weight excluding hydrogens is 210 g/mol. The summed E-state index contributed by atoms with van der Waals surface area (Å²) in [7, 11) is 0. The van der Waals surface area contributed by atoms with Crippen molar-refractivity contribution >= 4 is 11.9 Å². The molecule has 0 radical (unpaired) electrons. The Morgan fingerprint density at radius 1 is 1.50 bits per heavy atom. The lowest BCUT2D eigenvalue weighted by Gasteiger charge is -2.36. The third-order valence-corrected chi connectivity index (χ3v) is 2.88. The summed E-state index contributed by atoms with van der Waals surface area (Å²) in [5, 5.41) is 8.89. The van der Waals surface area contributed by atoms with E-state index < -0.39 is 12.1 Å². The molecule has 1 aliphatic heterocycles. The quantitative estimate of drug-likeness (QED) is 0.774. The molecule has 1 heterocycles. The second-order valence-electron chi connectivity index (χ2n) is 4.33. The van der Waals surface area contributed by atoms with E-state index in [9.17, 15) is 9.59 Å². The highest BCUT2D eigenvalue weighted by molar-refractivity contribution is 5.80. The SMILES string of the molecule is CCC(C)C(=O)N1CC(C(=O)O)O[C@H](C)C1. The molecule has 1 fully saturated rings. The van der Waals surface area contributed by atoms with Crippen molar-refractivity contribution in [3.05, 3.63) is 0 Å². The van der Waals surface area contributed by atoms with Gasteiger partial charge in [-0.2, -0.15) is 0 Å². The van der Waals surface area contributed by atoms with Crippen molar-refractivity contribution in [2.45, 2.75) is 39.4 Å². The van der Waals surface area contributed by atoms with Crippen LogP contribution in [0.4, 0.5) is 0 Å². The topological polar surface area (TPSA) is 66.8 Å². The van der Waals surface area contributed by atoms with E-state index in [0.29, 0.717) is 6.54 Å². The molecule has 1 saturated heterocycles. The van der Waals surface area contributed by atoms with E-state index in [1.807, 2.05) is 13.8 Å². The molecular formula is C11H19NO4. The number of nitrogens with zero attached hydrogens (tertiary/aromatic N) is 1. The maximum absolute atomic E-state index is 11.9. The van der Waals surface area contributed by atoms with Crippen LogP contribution in [0, 0.1) is 5.92 Å². The fraction of sp³-hybridized carbons (Fsp3) is 0.818. The van der Waals surface area contributed by atoms with Gasteiger partial charge in [-0.25, -0.2) is 4.79 Å². The molecule has 3 atom stereocenters. The van der Waals surface area contributed by atoms with Crippen molar-refractivity contribution < 1.29 is 19.4 Å². The fourth-order valence-corrected chi connectivity index (χ4v) is 1.75. The summed E-state index contributed by atoms with van der Waals surface area (Å²) in [6.07, 6.45) is -0.345. The predicted molar refractivity (Wildman–Crippen MR) is 58.0 cm³/mol. The Hall–Kier alpha value is -1.10. The molecule has 1 aliphatic rings. The van der Waals surface area contributed by atoms with Crippen LogP contribution in [0.15, 0.2) is 0 Å². The van der Waals surface area contributed by atoms with Crippen LogP contribution in [-0.2, 0) is 14.3 Å². The van der Waals surface area contributed by atoms with Crippen LogP contribution < -0.4 is 0 Å². The first-order valence-corrected chi connectivity index (χ1v) is 5.62. The normalized spacial score (nSPS) is 27.6. The standard InChI is InChI=1S/C11H19NO4/c1-4-7(2)10(13)12-5-8(3)16-9(6-12)11(14)15/h7-9H,4-6H2,1-3H3,(H,14,15)/t7?,8-,9?/m1/s1. The van der Waals surface area contributed by atoms with E-state index in [1.54, 1.807) is 11.8 Å². The van der Waals surface area contributed by atoms with Crippen LogP contribution in [0.5, 0.6) is 0 Å². The minimum Gasteiger partial charge on any atom is -0.479 e. The van der Waals surface area contributed by atoms with Crippen LogP contribution in [0.2, 0.25) is 0 Å². The first-order valence-electron chi connectivity index (χ1n) is 5.62. The van der Waals surface area contributed by atoms with Crippen molar-refractivity contribution in [1.29, 1.82) is 0 Å². The summed E-state index contributed by atoms with van der Waals surface area (Å²) in [6.45, 7) is 6.22. The number of aliphatic carboxylic acids is 1. The van der Waals surface area contributed by atoms with Crippen molar-refractivity contribution in [2.24, 2.45) is 5.92 Å². The molecule has 92 valence electrons. The summed E-state index contributed by atoms with van der Waals surface area (Å²) in [4.78, 5) is 24.4. The maximum Gasteiger partial charge on any atom is 0.334 e. The molecule has 1 N–H and O–H groups in total. The minimum absolute atomic E-state index is 0.0175. The van der Waals surface area contributed by atoms with E-state index in [2.05, 4.69) is 0 Å². The molecule has 0 bridgehead atoms. The van der Waals surface area contributed by atoms with Crippen LogP contribution in [0.1, 0.15) is 27.2 Å². The molecule has 5 nitrogen and oxygen atoms in total. The maximum atomic E-state index is 11.9. The fourth-order valence-electron chi connectivity index (χ4n) is 1.75. The van der Waals surface area contributed by atoms with E-state index in [-0.39, 0.29) is 24.5 Å². The van der Waals surface area contributed by atoms with Gasteiger partial charge in [0, 0.05) is 12.5 Å². The van der Waals surface area contributed by atoms with E-state index in [4.69, 9.17) is 9.84 Å². The monoisotopic (exact) mass is 229 g/mol. The van der Waals surface area contributed by atoms with Gasteiger partial charge in [0.05, 0.1) is 12.6 Å². The molecule has 2 unspecified atom stereocenters. The van der Waals surface area contributed by atoms with Crippen molar-refractivity contribution in [3.8, 4) is 0 Å². The van der Waals surface area contributed by atoms with Gasteiger partial charge in [-0.15, -0.1) is 0 Å². The van der Waals surface area contributed by atoms with E-state index >= 15 is 0 Å². The van der Waals surface area contributed by atoms with Gasteiger partial charge in [0.15, 0.2) is 6.10 Å². The third-order valence-electron chi connectivity index (χ3n) is 2.88. The summed E-state index contributed by atoms with van der Waals surface area (Å²) >= 11 is 0. The van der Waals surface area contributed by atoms with E-state index in [1.165, 1.54) is 0 Å². The number of carboxylic acids is 1. The molecule has 16 heavy (non-hydrogen) atoms. The number of ether oxygens (including phenoxy) is 1. The zero-order valence-electron chi connectivity index (χ0n) is 9.97. The van der Waals surface area contributed by atoms with Crippen molar-refractivity contribution in [1.82, 2.24) is 4.90 Å². The van der Waals surface area contributed by atoms with Gasteiger partial charge in [-0.1, -0.05) is 13.8 Å². The predicted octanol–water partition coefficient (Wildman–Crippen LogP) is 0.733. The Morgan fingerprint density at radius 2 is 2.12 bits per heavy atom. The van der Waals surface area contributed by atoms with Gasteiger partial charge < -0.3 is 14.7 Å². The number of hydrogen-bond acceptors (Lipinski definition) is 3. The highest BCUT2D eigenvalue weighted by Crippen LogP contribution is 2.15. The van der Waals surface area contributed by atoms with Gasteiger partial charge in [0.25, 0.3) is 0 Å². The lowest BCUT2D eigenvalue weighted by molar-refractivity contribution is -0.167. The Balaban J connectivity index is 2.67. The largest absolute Gasteiger partial charge is 0.479 e. The molecule has 0 saturated carbocycles. The average Bonchev–Trinajstić information content (AvgIpc) is 2.26. The first-order chi connectivity index (χ1) is 7.45. The molecule has 0 aromatic carbocycles. The summed E-state index contributed by atoms with van der Waals surface area (Å²) < 4.78 is 5.25. The summed E-state index contributed by atoms with van der Waals surface area (Å²) in [5.74, 6) is -1.04. The number of amides is 1. The van der Waals surface area contributed by atoms with Crippen LogP contribution in [0.3, 0.4) is 0 Å². The van der Waals surface area contributed by atoms with Crippen LogP contribution >= 0.6 is 0 Å². The van der Waals surface area contributed by atoms with Gasteiger partial charge >= 0.3 is 5.97 Å². The molecule has 0 spiro atoms. The smallest absolute Gasteiger partial charge is 0.334 e. The number of morpholine rings is 1. The van der Waals surface area contributed by atoms with Gasteiger partial charge in [-0.3, -0.25) is 4.79 Å². The van der Waals surface area contributed by atoms with Gasteiger partial charge in [-0.05, 0) is 13.3 Å². The van der Waals surface area contributed by atoms with Crippen molar-refractivity contribution in [3.63, 3.8) is 0 Å². The Kier molecular flexibility index (Phi) is 4.29. The first kappa shape index (κ1) is 13.0. The molecule has 0 aromatic rings. The van der Waals surface area contributed by atoms with Crippen molar-refractivity contribution in [2.75, 3.05) is 13.1 Å². The third kappa shape index (κ3) is 2.95. The number of carbonyl (C=O) groups is 2. The Labute approximate surface area is 95.4 Å². The number of hydrogen-bond donors (Lipinski definition) is 1. The molecule has 0 aliphatic carbocycles. The van der Waals surface area contributed by atoms with Gasteiger partial charge in [0.1, 0.15) is 0 Å². The minimum atomic E-state index is -1.01. The van der Waals surface area contributed by atoms with Crippen LogP contribution in [-0.4, -0.2) is 47.2 Å². The second-order valence-corrected chi connectivity index (χ2v) is 4.33. The number of carbonyl (C=O) groups excluding carboxylic acids is 1. The highest BCUT2D eigenvalue weighted by atomic mass is 16.5.